The normalized spacial score (nSPS) is 21.7. The van der Waals surface area contributed by atoms with Gasteiger partial charge in [-0.2, -0.15) is 0 Å². The van der Waals surface area contributed by atoms with E-state index in [1.807, 2.05) is 36.4 Å². The number of hydrogen-bond donors (Lipinski definition) is 1. The number of nitrogens with one attached hydrogen (secondary N) is 1. The first-order valence-electron chi connectivity index (χ1n) is 9.90. The highest BCUT2D eigenvalue weighted by Gasteiger charge is 2.38. The fourth-order valence-corrected chi connectivity index (χ4v) is 4.59. The van der Waals surface area contributed by atoms with Crippen molar-refractivity contribution in [2.24, 2.45) is 0 Å². The molecule has 1 N–H and O–H groups in total. The van der Waals surface area contributed by atoms with Crippen molar-refractivity contribution in [3.8, 4) is 11.3 Å². The molecule has 2 fully saturated rings. The maximum Gasteiger partial charge on any atom is 0.255 e. The van der Waals surface area contributed by atoms with Crippen molar-refractivity contribution >= 4 is 16.8 Å². The summed E-state index contributed by atoms with van der Waals surface area (Å²) >= 11 is 0. The van der Waals surface area contributed by atoms with Crippen LogP contribution in [0.1, 0.15) is 29.6 Å². The summed E-state index contributed by atoms with van der Waals surface area (Å²) in [7, 11) is 0. The number of aromatic nitrogens is 1. The third-order valence-corrected chi connectivity index (χ3v) is 5.96. The predicted octanol–water partition coefficient (Wildman–Crippen LogP) is 4.01. The second kappa shape index (κ2) is 6.99. The summed E-state index contributed by atoms with van der Waals surface area (Å²) in [6.45, 7) is 1.79. The molecule has 3 aromatic rings. The Balaban J connectivity index is 1.66. The number of carbonyl (C=O) groups is 1. The molecule has 1 aromatic heterocycles. The second-order valence-electron chi connectivity index (χ2n) is 7.67. The van der Waals surface area contributed by atoms with Gasteiger partial charge in [-0.3, -0.25) is 4.79 Å². The summed E-state index contributed by atoms with van der Waals surface area (Å²) in [6.07, 6.45) is 3.07. The van der Waals surface area contributed by atoms with Gasteiger partial charge in [-0.05, 0) is 44.0 Å². The maximum absolute atomic E-state index is 13.9. The zero-order valence-electron chi connectivity index (χ0n) is 15.6. The van der Waals surface area contributed by atoms with Gasteiger partial charge in [-0.25, -0.2) is 9.37 Å². The van der Waals surface area contributed by atoms with Crippen LogP contribution in [-0.2, 0) is 0 Å². The fraction of sp³-hybridized carbons (Fsp3) is 0.304. The predicted molar refractivity (Wildman–Crippen MR) is 108 cm³/mol. The molecule has 2 aliphatic heterocycles. The highest BCUT2D eigenvalue weighted by atomic mass is 19.1. The molecule has 5 heteroatoms. The lowest BCUT2D eigenvalue weighted by atomic mass is 10.0. The molecule has 0 radical (unpaired) electrons. The summed E-state index contributed by atoms with van der Waals surface area (Å²) in [4.78, 5) is 20.4. The van der Waals surface area contributed by atoms with Crippen LogP contribution in [0.2, 0.25) is 0 Å². The Morgan fingerprint density at radius 1 is 1.04 bits per heavy atom. The van der Waals surface area contributed by atoms with Crippen LogP contribution in [0.25, 0.3) is 22.2 Å². The van der Waals surface area contributed by atoms with E-state index in [4.69, 9.17) is 0 Å². The summed E-state index contributed by atoms with van der Waals surface area (Å²) < 4.78 is 13.9. The SMILES string of the molecule is O=C(c1cc(-c2ccccc2)nc2cc(F)ccc12)N1C2CCNCC1CC2. The Hall–Kier alpha value is -2.79. The quantitative estimate of drug-likeness (QED) is 0.736. The van der Waals surface area contributed by atoms with Crippen LogP contribution in [0.3, 0.4) is 0 Å². The molecular formula is C23H22FN3O. The molecule has 5 rings (SSSR count). The first kappa shape index (κ1) is 17.3. The van der Waals surface area contributed by atoms with Gasteiger partial charge in [0.05, 0.1) is 16.8 Å². The topological polar surface area (TPSA) is 45.2 Å². The molecule has 2 aliphatic rings. The zero-order chi connectivity index (χ0) is 19.1. The lowest BCUT2D eigenvalue weighted by Crippen LogP contribution is -2.42. The third kappa shape index (κ3) is 2.96. The Kier molecular flexibility index (Phi) is 4.32. The van der Waals surface area contributed by atoms with E-state index in [9.17, 15) is 9.18 Å². The first-order chi connectivity index (χ1) is 13.7. The van der Waals surface area contributed by atoms with Crippen LogP contribution in [0, 0.1) is 5.82 Å². The lowest BCUT2D eigenvalue weighted by Gasteiger charge is -2.28. The number of fused-ring (bicyclic) bond motifs is 3. The summed E-state index contributed by atoms with van der Waals surface area (Å²) in [5.74, 6) is -0.310. The highest BCUT2D eigenvalue weighted by Crippen LogP contribution is 2.32. The van der Waals surface area contributed by atoms with Crippen LogP contribution in [-0.4, -0.2) is 41.0 Å². The molecule has 3 heterocycles. The van der Waals surface area contributed by atoms with E-state index in [0.29, 0.717) is 22.2 Å². The van der Waals surface area contributed by atoms with Gasteiger partial charge in [0.25, 0.3) is 5.91 Å². The summed E-state index contributed by atoms with van der Waals surface area (Å²) in [6, 6.07) is 16.6. The smallest absolute Gasteiger partial charge is 0.255 e. The molecule has 142 valence electrons. The lowest BCUT2D eigenvalue weighted by molar-refractivity contribution is 0.0682. The number of hydrogen-bond acceptors (Lipinski definition) is 3. The minimum absolute atomic E-state index is 0.0346. The van der Waals surface area contributed by atoms with Gasteiger partial charge >= 0.3 is 0 Å². The van der Waals surface area contributed by atoms with E-state index in [-0.39, 0.29) is 23.8 Å². The average Bonchev–Trinajstić information content (AvgIpc) is 2.99. The largest absolute Gasteiger partial charge is 0.331 e. The zero-order valence-corrected chi connectivity index (χ0v) is 15.6. The highest BCUT2D eigenvalue weighted by molar-refractivity contribution is 6.07. The van der Waals surface area contributed by atoms with E-state index in [1.165, 1.54) is 12.1 Å². The first-order valence-corrected chi connectivity index (χ1v) is 9.90. The third-order valence-electron chi connectivity index (χ3n) is 5.96. The van der Waals surface area contributed by atoms with Crippen molar-refractivity contribution in [1.82, 2.24) is 15.2 Å². The van der Waals surface area contributed by atoms with Crippen LogP contribution in [0.15, 0.2) is 54.6 Å². The summed E-state index contributed by atoms with van der Waals surface area (Å²) in [5, 5.41) is 4.15. The molecular weight excluding hydrogens is 353 g/mol. The Labute approximate surface area is 163 Å². The fourth-order valence-electron chi connectivity index (χ4n) is 4.59. The van der Waals surface area contributed by atoms with Gasteiger partial charge in [0.1, 0.15) is 5.82 Å². The molecule has 2 atom stereocenters. The van der Waals surface area contributed by atoms with Gasteiger partial charge in [-0.15, -0.1) is 0 Å². The van der Waals surface area contributed by atoms with Gasteiger partial charge in [0, 0.05) is 35.6 Å². The Morgan fingerprint density at radius 2 is 1.86 bits per heavy atom. The van der Waals surface area contributed by atoms with Crippen LogP contribution >= 0.6 is 0 Å². The number of amides is 1. The molecule has 0 aliphatic carbocycles. The number of halogens is 1. The number of nitrogens with zero attached hydrogens (tertiary/aromatic N) is 2. The van der Waals surface area contributed by atoms with Gasteiger partial charge < -0.3 is 10.2 Å². The van der Waals surface area contributed by atoms with Crippen molar-refractivity contribution < 1.29 is 9.18 Å². The van der Waals surface area contributed by atoms with Crippen molar-refractivity contribution in [1.29, 1.82) is 0 Å². The van der Waals surface area contributed by atoms with E-state index < -0.39 is 0 Å². The summed E-state index contributed by atoms with van der Waals surface area (Å²) in [5.41, 5.74) is 2.75. The van der Waals surface area contributed by atoms with E-state index in [2.05, 4.69) is 15.2 Å². The van der Waals surface area contributed by atoms with Gasteiger partial charge in [0.2, 0.25) is 0 Å². The van der Waals surface area contributed by atoms with E-state index in [0.717, 1.165) is 37.9 Å². The molecule has 2 aromatic carbocycles. The van der Waals surface area contributed by atoms with Gasteiger partial charge in [0.15, 0.2) is 0 Å². The molecule has 28 heavy (non-hydrogen) atoms. The van der Waals surface area contributed by atoms with Crippen molar-refractivity contribution in [3.05, 3.63) is 66.0 Å². The number of benzene rings is 2. The molecule has 1 amide bonds. The van der Waals surface area contributed by atoms with Gasteiger partial charge in [-0.1, -0.05) is 30.3 Å². The van der Waals surface area contributed by atoms with Crippen molar-refractivity contribution in [2.75, 3.05) is 13.1 Å². The van der Waals surface area contributed by atoms with E-state index >= 15 is 0 Å². The number of rotatable bonds is 2. The van der Waals surface area contributed by atoms with Crippen molar-refractivity contribution in [2.45, 2.75) is 31.3 Å². The molecule has 2 saturated heterocycles. The molecule has 0 spiro atoms. The number of carbonyl (C=O) groups excluding carboxylic acids is 1. The standard InChI is InChI=1S/C23H22FN3O/c24-16-6-9-19-20(23(28)27-17-7-8-18(27)14-25-11-10-17)13-21(26-22(19)12-16)15-4-2-1-3-5-15/h1-6,9,12-13,17-18,25H,7-8,10-11,14H2. The Bertz CT molecular complexity index is 1020. The van der Waals surface area contributed by atoms with Crippen LogP contribution in [0.5, 0.6) is 0 Å². The average molecular weight is 375 g/mol. The van der Waals surface area contributed by atoms with Crippen LogP contribution < -0.4 is 5.32 Å². The molecule has 0 saturated carbocycles. The van der Waals surface area contributed by atoms with Crippen LogP contribution in [0.4, 0.5) is 4.39 Å². The molecule has 2 unspecified atom stereocenters. The van der Waals surface area contributed by atoms with Crippen molar-refractivity contribution in [3.63, 3.8) is 0 Å². The maximum atomic E-state index is 13.9. The minimum atomic E-state index is -0.345. The molecule has 4 nitrogen and oxygen atoms in total. The Morgan fingerprint density at radius 3 is 2.71 bits per heavy atom. The minimum Gasteiger partial charge on any atom is -0.331 e. The number of pyridine rings is 1. The molecule has 2 bridgehead atoms. The van der Waals surface area contributed by atoms with E-state index in [1.54, 1.807) is 6.07 Å². The second-order valence-corrected chi connectivity index (χ2v) is 7.67. The monoisotopic (exact) mass is 375 g/mol.